The van der Waals surface area contributed by atoms with Gasteiger partial charge in [0.15, 0.2) is 5.13 Å². The highest BCUT2D eigenvalue weighted by Crippen LogP contribution is 2.33. The minimum Gasteiger partial charge on any atom is -0.348 e. The molecule has 102 valence electrons. The summed E-state index contributed by atoms with van der Waals surface area (Å²) in [5.41, 5.74) is 1.20. The fourth-order valence-corrected chi connectivity index (χ4v) is 3.16. The Morgan fingerprint density at radius 2 is 2.17 bits per heavy atom. The summed E-state index contributed by atoms with van der Waals surface area (Å²) in [5, 5.41) is 4.63. The summed E-state index contributed by atoms with van der Waals surface area (Å²) >= 11 is 1.87. The summed E-state index contributed by atoms with van der Waals surface area (Å²) in [6.07, 6.45) is 4.03. The van der Waals surface area contributed by atoms with Crippen molar-refractivity contribution < 1.29 is 0 Å². The number of thiazole rings is 1. The van der Waals surface area contributed by atoms with Crippen molar-refractivity contribution in [2.24, 2.45) is 5.92 Å². The van der Waals surface area contributed by atoms with E-state index >= 15 is 0 Å². The molecule has 4 heteroatoms. The lowest BCUT2D eigenvalue weighted by Crippen LogP contribution is -2.26. The average molecular weight is 267 g/mol. The highest BCUT2D eigenvalue weighted by molar-refractivity contribution is 7.15. The van der Waals surface area contributed by atoms with Gasteiger partial charge in [-0.3, -0.25) is 0 Å². The van der Waals surface area contributed by atoms with Crippen LogP contribution in [-0.4, -0.2) is 24.6 Å². The number of nitrogens with zero attached hydrogens (tertiary/aromatic N) is 2. The van der Waals surface area contributed by atoms with Gasteiger partial charge >= 0.3 is 0 Å². The summed E-state index contributed by atoms with van der Waals surface area (Å²) in [4.78, 5) is 8.65. The Hall–Kier alpha value is -0.610. The highest BCUT2D eigenvalue weighted by Gasteiger charge is 2.25. The molecule has 1 aliphatic rings. The zero-order chi connectivity index (χ0) is 13.0. The standard InChI is InChI=1S/C14H25N3S/c1-4-8-17(10-12-6-7-12)14-16-11(3)13(18-14)9-15-5-2/h12,15H,4-10H2,1-3H3. The number of anilines is 1. The number of aromatic nitrogens is 1. The molecule has 1 N–H and O–H groups in total. The fourth-order valence-electron chi connectivity index (χ4n) is 2.10. The van der Waals surface area contributed by atoms with Crippen LogP contribution >= 0.6 is 11.3 Å². The molecule has 0 bridgehead atoms. The first-order valence-electron chi connectivity index (χ1n) is 7.16. The van der Waals surface area contributed by atoms with Crippen molar-refractivity contribution in [1.29, 1.82) is 0 Å². The molecular formula is C14H25N3S. The first-order chi connectivity index (χ1) is 8.74. The van der Waals surface area contributed by atoms with Crippen LogP contribution in [0.3, 0.4) is 0 Å². The van der Waals surface area contributed by atoms with Crippen molar-refractivity contribution >= 4 is 16.5 Å². The smallest absolute Gasteiger partial charge is 0.185 e. The third-order valence-corrected chi connectivity index (χ3v) is 4.57. The van der Waals surface area contributed by atoms with Gasteiger partial charge in [-0.1, -0.05) is 13.8 Å². The SMILES string of the molecule is CCCN(CC1CC1)c1nc(C)c(CNCC)s1. The lowest BCUT2D eigenvalue weighted by molar-refractivity contribution is 0.704. The largest absolute Gasteiger partial charge is 0.348 e. The van der Waals surface area contributed by atoms with E-state index in [0.717, 1.165) is 25.6 Å². The Morgan fingerprint density at radius 3 is 2.78 bits per heavy atom. The van der Waals surface area contributed by atoms with E-state index in [0.29, 0.717) is 0 Å². The van der Waals surface area contributed by atoms with Gasteiger partial charge in [-0.15, -0.1) is 11.3 Å². The Morgan fingerprint density at radius 1 is 1.39 bits per heavy atom. The molecule has 0 spiro atoms. The Labute approximate surface area is 115 Å². The van der Waals surface area contributed by atoms with E-state index in [1.807, 2.05) is 11.3 Å². The molecule has 0 aromatic carbocycles. The van der Waals surface area contributed by atoms with Gasteiger partial charge in [0.2, 0.25) is 0 Å². The van der Waals surface area contributed by atoms with Gasteiger partial charge < -0.3 is 10.2 Å². The fraction of sp³-hybridized carbons (Fsp3) is 0.786. The van der Waals surface area contributed by atoms with E-state index in [2.05, 4.69) is 31.0 Å². The number of aryl methyl sites for hydroxylation is 1. The molecule has 1 heterocycles. The normalized spacial score (nSPS) is 15.1. The van der Waals surface area contributed by atoms with Crippen LogP contribution in [0.4, 0.5) is 5.13 Å². The predicted molar refractivity (Wildman–Crippen MR) is 79.5 cm³/mol. The van der Waals surface area contributed by atoms with Crippen LogP contribution < -0.4 is 10.2 Å². The van der Waals surface area contributed by atoms with Gasteiger partial charge in [-0.2, -0.15) is 0 Å². The Kier molecular flexibility index (Phi) is 5.01. The van der Waals surface area contributed by atoms with Crippen LogP contribution in [-0.2, 0) is 6.54 Å². The van der Waals surface area contributed by atoms with Gasteiger partial charge in [0.1, 0.15) is 0 Å². The molecule has 1 aromatic heterocycles. The van der Waals surface area contributed by atoms with Crippen LogP contribution in [0.5, 0.6) is 0 Å². The molecule has 0 unspecified atom stereocenters. The molecule has 0 radical (unpaired) electrons. The van der Waals surface area contributed by atoms with Gasteiger partial charge in [0.25, 0.3) is 0 Å². The van der Waals surface area contributed by atoms with Crippen molar-refractivity contribution in [2.45, 2.75) is 46.6 Å². The summed E-state index contributed by atoms with van der Waals surface area (Å²) < 4.78 is 0. The van der Waals surface area contributed by atoms with E-state index < -0.39 is 0 Å². The van der Waals surface area contributed by atoms with Crippen LogP contribution in [0.1, 0.15) is 43.7 Å². The topological polar surface area (TPSA) is 28.2 Å². The first kappa shape index (κ1) is 13.8. The zero-order valence-corrected chi connectivity index (χ0v) is 12.6. The van der Waals surface area contributed by atoms with Crippen molar-refractivity contribution in [3.63, 3.8) is 0 Å². The van der Waals surface area contributed by atoms with Crippen molar-refractivity contribution in [1.82, 2.24) is 10.3 Å². The molecular weight excluding hydrogens is 242 g/mol. The summed E-state index contributed by atoms with van der Waals surface area (Å²) in [5.74, 6) is 0.929. The molecule has 1 fully saturated rings. The number of nitrogens with one attached hydrogen (secondary N) is 1. The van der Waals surface area contributed by atoms with Crippen molar-refractivity contribution in [2.75, 3.05) is 24.5 Å². The van der Waals surface area contributed by atoms with E-state index in [1.54, 1.807) is 0 Å². The molecule has 0 saturated heterocycles. The maximum absolute atomic E-state index is 4.77. The number of rotatable bonds is 8. The second-order valence-corrected chi connectivity index (χ2v) is 6.24. The molecule has 1 aliphatic carbocycles. The molecule has 0 aliphatic heterocycles. The zero-order valence-electron chi connectivity index (χ0n) is 11.8. The van der Waals surface area contributed by atoms with Crippen LogP contribution in [0, 0.1) is 12.8 Å². The van der Waals surface area contributed by atoms with E-state index in [4.69, 9.17) is 4.98 Å². The number of hydrogen-bond donors (Lipinski definition) is 1. The quantitative estimate of drug-likeness (QED) is 0.784. The van der Waals surface area contributed by atoms with Gasteiger partial charge in [0, 0.05) is 24.5 Å². The monoisotopic (exact) mass is 267 g/mol. The molecule has 1 aromatic rings. The van der Waals surface area contributed by atoms with Crippen LogP contribution in [0.25, 0.3) is 0 Å². The van der Waals surface area contributed by atoms with Gasteiger partial charge in [0.05, 0.1) is 5.69 Å². The summed E-state index contributed by atoms with van der Waals surface area (Å²) in [6, 6.07) is 0. The summed E-state index contributed by atoms with van der Waals surface area (Å²) in [6.45, 7) is 10.9. The maximum Gasteiger partial charge on any atom is 0.185 e. The Bertz CT molecular complexity index is 371. The predicted octanol–water partition coefficient (Wildman–Crippen LogP) is 3.19. The van der Waals surface area contributed by atoms with Crippen molar-refractivity contribution in [3.05, 3.63) is 10.6 Å². The minimum absolute atomic E-state index is 0.929. The minimum atomic E-state index is 0.929. The number of hydrogen-bond acceptors (Lipinski definition) is 4. The van der Waals surface area contributed by atoms with Crippen LogP contribution in [0.2, 0.25) is 0 Å². The molecule has 3 nitrogen and oxygen atoms in total. The molecule has 0 amide bonds. The third-order valence-electron chi connectivity index (χ3n) is 3.36. The second kappa shape index (κ2) is 6.53. The maximum atomic E-state index is 4.77. The molecule has 18 heavy (non-hydrogen) atoms. The molecule has 1 saturated carbocycles. The van der Waals surface area contributed by atoms with Crippen molar-refractivity contribution in [3.8, 4) is 0 Å². The first-order valence-corrected chi connectivity index (χ1v) is 7.98. The third kappa shape index (κ3) is 3.69. The Balaban J connectivity index is 2.03. The van der Waals surface area contributed by atoms with Crippen LogP contribution in [0.15, 0.2) is 0 Å². The second-order valence-electron chi connectivity index (χ2n) is 5.17. The molecule has 2 rings (SSSR count). The van der Waals surface area contributed by atoms with E-state index in [9.17, 15) is 0 Å². The van der Waals surface area contributed by atoms with Gasteiger partial charge in [-0.05, 0) is 38.6 Å². The van der Waals surface area contributed by atoms with E-state index in [1.165, 1.54) is 41.5 Å². The van der Waals surface area contributed by atoms with E-state index in [-0.39, 0.29) is 0 Å². The summed E-state index contributed by atoms with van der Waals surface area (Å²) in [7, 11) is 0. The highest BCUT2D eigenvalue weighted by atomic mass is 32.1. The average Bonchev–Trinajstić information content (AvgIpc) is 3.09. The molecule has 0 atom stereocenters. The lowest BCUT2D eigenvalue weighted by atomic mass is 10.3. The lowest BCUT2D eigenvalue weighted by Gasteiger charge is -2.20. The van der Waals surface area contributed by atoms with Gasteiger partial charge in [-0.25, -0.2) is 4.98 Å².